The molecule has 1 N–H and O–H groups in total. The number of aromatic nitrogens is 5. The maximum atomic E-state index is 13.4. The molecular formula is C15H12F5N5O. The van der Waals surface area contributed by atoms with Crippen LogP contribution in [-0.2, 0) is 12.7 Å². The molecule has 0 saturated heterocycles. The first-order chi connectivity index (χ1) is 12.1. The Morgan fingerprint density at radius 1 is 1.35 bits per heavy atom. The zero-order valence-corrected chi connectivity index (χ0v) is 13.3. The van der Waals surface area contributed by atoms with Gasteiger partial charge in [0.15, 0.2) is 5.69 Å². The average molecular weight is 373 g/mol. The summed E-state index contributed by atoms with van der Waals surface area (Å²) in [6.45, 7) is 1.45. The minimum absolute atomic E-state index is 0.118. The van der Waals surface area contributed by atoms with E-state index in [0.717, 1.165) is 21.5 Å². The van der Waals surface area contributed by atoms with Gasteiger partial charge in [-0.1, -0.05) is 0 Å². The van der Waals surface area contributed by atoms with E-state index in [1.165, 1.54) is 6.20 Å². The summed E-state index contributed by atoms with van der Waals surface area (Å²) in [5.74, 6) is -3.90. The van der Waals surface area contributed by atoms with Crippen molar-refractivity contribution in [1.29, 1.82) is 0 Å². The molecular weight excluding hydrogens is 361 g/mol. The van der Waals surface area contributed by atoms with Crippen molar-refractivity contribution in [3.05, 3.63) is 40.3 Å². The summed E-state index contributed by atoms with van der Waals surface area (Å²) in [7, 11) is 0. The van der Waals surface area contributed by atoms with Gasteiger partial charge in [0, 0.05) is 42.5 Å². The summed E-state index contributed by atoms with van der Waals surface area (Å²) in [6, 6.07) is 0. The highest BCUT2D eigenvalue weighted by Crippen LogP contribution is 2.49. The largest absolute Gasteiger partial charge is 0.434 e. The number of hydrogen-bond donors (Lipinski definition) is 1. The second-order valence-corrected chi connectivity index (χ2v) is 6.38. The predicted molar refractivity (Wildman–Crippen MR) is 79.8 cm³/mol. The Labute approximate surface area is 142 Å². The van der Waals surface area contributed by atoms with E-state index in [0.29, 0.717) is 5.69 Å². The highest BCUT2D eigenvalue weighted by Gasteiger charge is 2.56. The number of imidazole rings is 1. The molecule has 6 nitrogen and oxygen atoms in total. The van der Waals surface area contributed by atoms with Gasteiger partial charge in [-0.15, -0.1) is 0 Å². The highest BCUT2D eigenvalue weighted by molar-refractivity contribution is 5.65. The van der Waals surface area contributed by atoms with Gasteiger partial charge in [0.2, 0.25) is 5.78 Å². The smallest absolute Gasteiger partial charge is 0.328 e. The maximum Gasteiger partial charge on any atom is 0.434 e. The van der Waals surface area contributed by atoms with Gasteiger partial charge in [0.05, 0.1) is 11.8 Å². The number of halogens is 5. The topological polar surface area (TPSA) is 68.0 Å². The van der Waals surface area contributed by atoms with Crippen LogP contribution < -0.4 is 5.56 Å². The molecule has 1 saturated carbocycles. The second-order valence-electron chi connectivity index (χ2n) is 6.38. The fourth-order valence-corrected chi connectivity index (χ4v) is 2.90. The molecule has 26 heavy (non-hydrogen) atoms. The predicted octanol–water partition coefficient (Wildman–Crippen LogP) is 2.87. The molecule has 0 amide bonds. The summed E-state index contributed by atoms with van der Waals surface area (Å²) in [5, 5.41) is 3.82. The van der Waals surface area contributed by atoms with Crippen molar-refractivity contribution in [1.82, 2.24) is 24.1 Å². The SMILES string of the molecule is Cc1cn2c(=O)c(-c3cnn(C[C@@H]4CC4(F)F)c3)c(C(F)(F)F)nc2[nH]1. The third-order valence-corrected chi connectivity index (χ3v) is 4.30. The van der Waals surface area contributed by atoms with E-state index >= 15 is 0 Å². The van der Waals surface area contributed by atoms with Crippen molar-refractivity contribution in [2.24, 2.45) is 5.92 Å². The molecule has 1 aliphatic carbocycles. The molecule has 4 rings (SSSR count). The summed E-state index contributed by atoms with van der Waals surface area (Å²) in [4.78, 5) is 18.7. The molecule has 1 fully saturated rings. The Morgan fingerprint density at radius 3 is 2.65 bits per heavy atom. The fourth-order valence-electron chi connectivity index (χ4n) is 2.90. The van der Waals surface area contributed by atoms with Gasteiger partial charge in [0.25, 0.3) is 11.5 Å². The number of fused-ring (bicyclic) bond motifs is 1. The van der Waals surface area contributed by atoms with Gasteiger partial charge in [-0.05, 0) is 6.92 Å². The molecule has 0 bridgehead atoms. The van der Waals surface area contributed by atoms with E-state index in [9.17, 15) is 26.7 Å². The fraction of sp³-hybridized carbons (Fsp3) is 0.400. The molecule has 3 heterocycles. The second kappa shape index (κ2) is 5.15. The minimum atomic E-state index is -4.87. The number of H-pyrrole nitrogens is 1. The lowest BCUT2D eigenvalue weighted by molar-refractivity contribution is -0.140. The van der Waals surface area contributed by atoms with Gasteiger partial charge in [-0.3, -0.25) is 13.9 Å². The van der Waals surface area contributed by atoms with Gasteiger partial charge >= 0.3 is 6.18 Å². The zero-order valence-electron chi connectivity index (χ0n) is 13.3. The van der Waals surface area contributed by atoms with E-state index in [2.05, 4.69) is 15.1 Å². The highest BCUT2D eigenvalue weighted by atomic mass is 19.4. The number of aryl methyl sites for hydroxylation is 1. The minimum Gasteiger partial charge on any atom is -0.328 e. The summed E-state index contributed by atoms with van der Waals surface area (Å²) < 4.78 is 68.4. The Kier molecular flexibility index (Phi) is 3.31. The van der Waals surface area contributed by atoms with Crippen LogP contribution in [-0.4, -0.2) is 30.1 Å². The standard InChI is InChI=1S/C15H12F5N5O/c1-7-4-25-12(26)10(11(15(18,19)20)23-13(25)22-7)8-3-21-24(5-8)6-9-2-14(9,16)17/h3-5,9H,2,6H2,1H3,(H,22,23)/t9-/m0/s1. The van der Waals surface area contributed by atoms with Crippen molar-refractivity contribution in [2.45, 2.75) is 32.0 Å². The lowest BCUT2D eigenvalue weighted by Gasteiger charge is -2.10. The van der Waals surface area contributed by atoms with Crippen LogP contribution >= 0.6 is 0 Å². The Hall–Kier alpha value is -2.72. The van der Waals surface area contributed by atoms with Gasteiger partial charge < -0.3 is 4.98 Å². The van der Waals surface area contributed by atoms with Crippen LogP contribution in [0.2, 0.25) is 0 Å². The molecule has 1 aliphatic rings. The Balaban J connectivity index is 1.84. The molecule has 11 heteroatoms. The van der Waals surface area contributed by atoms with Crippen molar-refractivity contribution in [3.8, 4) is 11.1 Å². The molecule has 3 aromatic heterocycles. The molecule has 0 aliphatic heterocycles. The first-order valence-corrected chi connectivity index (χ1v) is 7.66. The third-order valence-electron chi connectivity index (χ3n) is 4.30. The van der Waals surface area contributed by atoms with Crippen molar-refractivity contribution < 1.29 is 22.0 Å². The van der Waals surface area contributed by atoms with Crippen LogP contribution in [0.4, 0.5) is 22.0 Å². The maximum absolute atomic E-state index is 13.4. The normalized spacial score (nSPS) is 19.2. The molecule has 0 radical (unpaired) electrons. The number of nitrogens with one attached hydrogen (secondary N) is 1. The van der Waals surface area contributed by atoms with Gasteiger partial charge in [-0.25, -0.2) is 13.8 Å². The van der Waals surface area contributed by atoms with Gasteiger partial charge in [-0.2, -0.15) is 18.3 Å². The van der Waals surface area contributed by atoms with Crippen molar-refractivity contribution >= 4 is 5.78 Å². The van der Waals surface area contributed by atoms with E-state index in [-0.39, 0.29) is 24.3 Å². The van der Waals surface area contributed by atoms with Crippen molar-refractivity contribution in [3.63, 3.8) is 0 Å². The number of alkyl halides is 5. The molecule has 0 spiro atoms. The lowest BCUT2D eigenvalue weighted by atomic mass is 10.1. The number of rotatable bonds is 3. The van der Waals surface area contributed by atoms with Crippen LogP contribution in [0, 0.1) is 12.8 Å². The van der Waals surface area contributed by atoms with Crippen molar-refractivity contribution in [2.75, 3.05) is 0 Å². The molecule has 0 aromatic carbocycles. The average Bonchev–Trinajstić information content (AvgIpc) is 2.90. The summed E-state index contributed by atoms with van der Waals surface area (Å²) in [5.41, 5.74) is -2.58. The van der Waals surface area contributed by atoms with Crippen LogP contribution in [0.25, 0.3) is 16.9 Å². The molecule has 1 atom stereocenters. The number of hydrogen-bond acceptors (Lipinski definition) is 3. The van der Waals surface area contributed by atoms with Crippen LogP contribution in [0.3, 0.4) is 0 Å². The Morgan fingerprint density at radius 2 is 2.04 bits per heavy atom. The van der Waals surface area contributed by atoms with E-state index < -0.39 is 34.8 Å². The quantitative estimate of drug-likeness (QED) is 0.718. The Bertz CT molecular complexity index is 1060. The summed E-state index contributed by atoms with van der Waals surface area (Å²) in [6.07, 6.45) is -1.60. The van der Waals surface area contributed by atoms with Crippen LogP contribution in [0.15, 0.2) is 23.4 Å². The number of aromatic amines is 1. The lowest BCUT2D eigenvalue weighted by Crippen LogP contribution is -2.23. The number of nitrogens with zero attached hydrogens (tertiary/aromatic N) is 4. The summed E-state index contributed by atoms with van der Waals surface area (Å²) >= 11 is 0. The van der Waals surface area contributed by atoms with Crippen LogP contribution in [0.1, 0.15) is 17.8 Å². The molecule has 138 valence electrons. The zero-order chi connectivity index (χ0) is 18.9. The van der Waals surface area contributed by atoms with Crippen LogP contribution in [0.5, 0.6) is 0 Å². The van der Waals surface area contributed by atoms with E-state index in [1.54, 1.807) is 6.92 Å². The van der Waals surface area contributed by atoms with Gasteiger partial charge in [0.1, 0.15) is 0 Å². The first-order valence-electron chi connectivity index (χ1n) is 7.66. The van der Waals surface area contributed by atoms with E-state index in [4.69, 9.17) is 0 Å². The monoisotopic (exact) mass is 373 g/mol. The molecule has 3 aromatic rings. The third kappa shape index (κ3) is 2.67. The first kappa shape index (κ1) is 16.7. The van der Waals surface area contributed by atoms with E-state index in [1.807, 2.05) is 0 Å². The molecule has 0 unspecified atom stereocenters.